The van der Waals surface area contributed by atoms with Crippen LogP contribution in [-0.2, 0) is 4.79 Å². The standard InChI is InChI=1S/C12H14N2O5S/c1-20-6-5-10(12(16)17)13-11(15)8-3-2-4-9(7-8)14(18)19/h2-4,7,10H,5-6H2,1H3,(H,13,15)(H,16,17)/t10-/m0/s1. The fraction of sp³-hybridized carbons (Fsp3) is 0.333. The lowest BCUT2D eigenvalue weighted by Gasteiger charge is -2.13. The highest BCUT2D eigenvalue weighted by Gasteiger charge is 2.21. The van der Waals surface area contributed by atoms with Crippen LogP contribution in [0.15, 0.2) is 24.3 Å². The molecule has 0 heterocycles. The van der Waals surface area contributed by atoms with Gasteiger partial charge >= 0.3 is 5.97 Å². The van der Waals surface area contributed by atoms with Gasteiger partial charge in [-0.25, -0.2) is 4.79 Å². The van der Waals surface area contributed by atoms with Crippen LogP contribution in [0.25, 0.3) is 0 Å². The number of hydrogen-bond acceptors (Lipinski definition) is 5. The summed E-state index contributed by atoms with van der Waals surface area (Å²) in [4.78, 5) is 32.9. The first kappa shape index (κ1) is 16.0. The summed E-state index contributed by atoms with van der Waals surface area (Å²) in [5.74, 6) is -1.17. The van der Waals surface area contributed by atoms with E-state index < -0.39 is 22.8 Å². The van der Waals surface area contributed by atoms with Gasteiger partial charge in [0.15, 0.2) is 0 Å². The van der Waals surface area contributed by atoms with E-state index in [2.05, 4.69) is 5.32 Å². The number of amides is 1. The predicted octanol–water partition coefficient (Wildman–Crippen LogP) is 1.53. The second-order valence-electron chi connectivity index (χ2n) is 3.95. The Morgan fingerprint density at radius 2 is 2.20 bits per heavy atom. The molecule has 0 aliphatic heterocycles. The van der Waals surface area contributed by atoms with Gasteiger partial charge in [0.05, 0.1) is 4.92 Å². The van der Waals surface area contributed by atoms with E-state index in [1.165, 1.54) is 30.0 Å². The minimum absolute atomic E-state index is 0.0644. The quantitative estimate of drug-likeness (QED) is 0.583. The van der Waals surface area contributed by atoms with Crippen LogP contribution in [0.1, 0.15) is 16.8 Å². The number of rotatable bonds is 7. The number of nitro groups is 1. The number of carboxylic acid groups (broad SMARTS) is 1. The number of aliphatic carboxylic acids is 1. The molecule has 20 heavy (non-hydrogen) atoms. The summed E-state index contributed by atoms with van der Waals surface area (Å²) in [5.41, 5.74) is -0.150. The van der Waals surface area contributed by atoms with Crippen molar-refractivity contribution in [3.63, 3.8) is 0 Å². The summed E-state index contributed by atoms with van der Waals surface area (Å²) >= 11 is 1.47. The third kappa shape index (κ3) is 4.54. The molecule has 1 amide bonds. The van der Waals surface area contributed by atoms with E-state index in [1.54, 1.807) is 0 Å². The Balaban J connectivity index is 2.80. The number of carbonyl (C=O) groups excluding carboxylic acids is 1. The first-order valence-electron chi connectivity index (χ1n) is 5.72. The molecule has 8 heteroatoms. The van der Waals surface area contributed by atoms with Crippen molar-refractivity contribution in [2.24, 2.45) is 0 Å². The van der Waals surface area contributed by atoms with Crippen LogP contribution in [0, 0.1) is 10.1 Å². The van der Waals surface area contributed by atoms with Crippen LogP contribution in [0.5, 0.6) is 0 Å². The molecular formula is C12H14N2O5S. The number of nitro benzene ring substituents is 1. The number of nitrogens with one attached hydrogen (secondary N) is 1. The average Bonchev–Trinajstić information content (AvgIpc) is 2.42. The maximum absolute atomic E-state index is 11.9. The zero-order valence-electron chi connectivity index (χ0n) is 10.7. The van der Waals surface area contributed by atoms with Crippen LogP contribution < -0.4 is 5.32 Å². The van der Waals surface area contributed by atoms with Gasteiger partial charge < -0.3 is 10.4 Å². The zero-order chi connectivity index (χ0) is 15.1. The summed E-state index contributed by atoms with van der Waals surface area (Å²) in [6, 6.07) is 4.15. The Hall–Kier alpha value is -2.09. The molecule has 2 N–H and O–H groups in total. The molecule has 0 spiro atoms. The van der Waals surface area contributed by atoms with Crippen LogP contribution >= 0.6 is 11.8 Å². The first-order chi connectivity index (χ1) is 9.45. The van der Waals surface area contributed by atoms with Crippen LogP contribution in [-0.4, -0.2) is 40.0 Å². The Kier molecular flexibility index (Phi) is 5.98. The van der Waals surface area contributed by atoms with Gasteiger partial charge in [-0.05, 0) is 24.5 Å². The number of nitrogens with zero attached hydrogens (tertiary/aromatic N) is 1. The van der Waals surface area contributed by atoms with Gasteiger partial charge in [-0.15, -0.1) is 0 Å². The molecule has 1 aromatic carbocycles. The molecule has 0 aliphatic carbocycles. The van der Waals surface area contributed by atoms with Crippen molar-refractivity contribution in [2.75, 3.05) is 12.0 Å². The number of benzene rings is 1. The Labute approximate surface area is 119 Å². The Morgan fingerprint density at radius 1 is 1.50 bits per heavy atom. The third-order valence-electron chi connectivity index (χ3n) is 2.53. The highest BCUT2D eigenvalue weighted by atomic mass is 32.2. The fourth-order valence-electron chi connectivity index (χ4n) is 1.50. The average molecular weight is 298 g/mol. The third-order valence-corrected chi connectivity index (χ3v) is 3.18. The van der Waals surface area contributed by atoms with Crippen molar-refractivity contribution in [1.29, 1.82) is 0 Å². The van der Waals surface area contributed by atoms with E-state index in [-0.39, 0.29) is 17.7 Å². The van der Waals surface area contributed by atoms with Gasteiger partial charge in [-0.1, -0.05) is 6.07 Å². The Morgan fingerprint density at radius 3 is 2.75 bits per heavy atom. The molecule has 0 fully saturated rings. The molecule has 1 atom stereocenters. The highest BCUT2D eigenvalue weighted by molar-refractivity contribution is 7.98. The lowest BCUT2D eigenvalue weighted by molar-refractivity contribution is -0.384. The van der Waals surface area contributed by atoms with Gasteiger partial charge in [0.25, 0.3) is 11.6 Å². The number of carboxylic acids is 1. The summed E-state index contributed by atoms with van der Waals surface area (Å²) in [6.45, 7) is 0. The normalized spacial score (nSPS) is 11.7. The van der Waals surface area contributed by atoms with E-state index in [0.29, 0.717) is 5.75 Å². The second kappa shape index (κ2) is 7.49. The van der Waals surface area contributed by atoms with E-state index in [1.807, 2.05) is 6.26 Å². The molecule has 108 valence electrons. The summed E-state index contributed by atoms with van der Waals surface area (Å²) in [5, 5.41) is 22.0. The van der Waals surface area contributed by atoms with Gasteiger partial charge in [-0.2, -0.15) is 11.8 Å². The van der Waals surface area contributed by atoms with Crippen LogP contribution in [0.3, 0.4) is 0 Å². The van der Waals surface area contributed by atoms with E-state index >= 15 is 0 Å². The van der Waals surface area contributed by atoms with Crippen molar-refractivity contribution in [2.45, 2.75) is 12.5 Å². The van der Waals surface area contributed by atoms with Gasteiger partial charge in [0, 0.05) is 17.7 Å². The SMILES string of the molecule is CSCC[C@H](NC(=O)c1cccc([N+](=O)[O-])c1)C(=O)O. The number of carbonyl (C=O) groups is 2. The maximum Gasteiger partial charge on any atom is 0.326 e. The molecule has 0 aliphatic rings. The number of thioether (sulfide) groups is 1. The zero-order valence-corrected chi connectivity index (χ0v) is 11.6. The molecular weight excluding hydrogens is 284 g/mol. The lowest BCUT2D eigenvalue weighted by Crippen LogP contribution is -2.41. The minimum Gasteiger partial charge on any atom is -0.480 e. The maximum atomic E-state index is 11.9. The molecule has 0 radical (unpaired) electrons. The van der Waals surface area contributed by atoms with Crippen molar-refractivity contribution >= 4 is 29.3 Å². The molecule has 0 saturated heterocycles. The predicted molar refractivity (Wildman–Crippen MR) is 75.0 cm³/mol. The monoisotopic (exact) mass is 298 g/mol. The van der Waals surface area contributed by atoms with Crippen molar-refractivity contribution in [3.8, 4) is 0 Å². The molecule has 1 rings (SSSR count). The van der Waals surface area contributed by atoms with E-state index in [4.69, 9.17) is 5.11 Å². The molecule has 0 bridgehead atoms. The highest BCUT2D eigenvalue weighted by Crippen LogP contribution is 2.13. The summed E-state index contributed by atoms with van der Waals surface area (Å²) < 4.78 is 0. The number of non-ortho nitro benzene ring substituents is 1. The Bertz CT molecular complexity index is 520. The van der Waals surface area contributed by atoms with Crippen molar-refractivity contribution in [1.82, 2.24) is 5.32 Å². The molecule has 7 nitrogen and oxygen atoms in total. The second-order valence-corrected chi connectivity index (χ2v) is 4.94. The smallest absolute Gasteiger partial charge is 0.326 e. The summed E-state index contributed by atoms with van der Waals surface area (Å²) in [6.07, 6.45) is 2.12. The van der Waals surface area contributed by atoms with Crippen molar-refractivity contribution < 1.29 is 19.6 Å². The first-order valence-corrected chi connectivity index (χ1v) is 7.12. The van der Waals surface area contributed by atoms with Crippen LogP contribution in [0.2, 0.25) is 0 Å². The molecule has 0 unspecified atom stereocenters. The largest absolute Gasteiger partial charge is 0.480 e. The van der Waals surface area contributed by atoms with Gasteiger partial charge in [0.2, 0.25) is 0 Å². The fourth-order valence-corrected chi connectivity index (χ4v) is 1.97. The van der Waals surface area contributed by atoms with Crippen molar-refractivity contribution in [3.05, 3.63) is 39.9 Å². The van der Waals surface area contributed by atoms with E-state index in [0.717, 1.165) is 6.07 Å². The molecule has 0 saturated carbocycles. The summed E-state index contributed by atoms with van der Waals surface area (Å²) in [7, 11) is 0. The van der Waals surface area contributed by atoms with Gasteiger partial charge in [0.1, 0.15) is 6.04 Å². The molecule has 0 aromatic heterocycles. The van der Waals surface area contributed by atoms with Gasteiger partial charge in [-0.3, -0.25) is 14.9 Å². The minimum atomic E-state index is -1.13. The number of hydrogen-bond donors (Lipinski definition) is 2. The lowest BCUT2D eigenvalue weighted by atomic mass is 10.1. The molecule has 1 aromatic rings. The van der Waals surface area contributed by atoms with E-state index in [9.17, 15) is 19.7 Å². The topological polar surface area (TPSA) is 110 Å². The van der Waals surface area contributed by atoms with Crippen LogP contribution in [0.4, 0.5) is 5.69 Å².